The van der Waals surface area contributed by atoms with Crippen molar-refractivity contribution in [3.63, 3.8) is 0 Å². The molecule has 0 fully saturated rings. The molecule has 0 aliphatic heterocycles. The highest BCUT2D eigenvalue weighted by molar-refractivity contribution is 9.10. The van der Waals surface area contributed by atoms with Gasteiger partial charge in [0.1, 0.15) is 0 Å². The zero-order valence-electron chi connectivity index (χ0n) is 9.31. The van der Waals surface area contributed by atoms with Gasteiger partial charge in [-0.2, -0.15) is 4.98 Å². The molecule has 7 heteroatoms. The Morgan fingerprint density at radius 2 is 2.33 bits per heavy atom. The molecule has 5 nitrogen and oxygen atoms in total. The molecule has 0 amide bonds. The first kappa shape index (κ1) is 13.0. The van der Waals surface area contributed by atoms with E-state index in [4.69, 9.17) is 20.9 Å². The van der Waals surface area contributed by atoms with Gasteiger partial charge < -0.3 is 9.26 Å². The standard InChI is InChI=1S/C11H8BrClN2O3/c1-2-17-11(16)9-14-10(18-15-9)7-4-3-6(12)5-8(7)13/h3-5H,2H2,1H3. The van der Waals surface area contributed by atoms with Crippen LogP contribution in [0.25, 0.3) is 11.5 Å². The average Bonchev–Trinajstić information content (AvgIpc) is 2.78. The van der Waals surface area contributed by atoms with Crippen LogP contribution in [0.15, 0.2) is 27.2 Å². The minimum absolute atomic E-state index is 0.120. The summed E-state index contributed by atoms with van der Waals surface area (Å²) in [6, 6.07) is 5.20. The van der Waals surface area contributed by atoms with Crippen LogP contribution in [0.4, 0.5) is 0 Å². The third kappa shape index (κ3) is 2.70. The van der Waals surface area contributed by atoms with Crippen molar-refractivity contribution in [1.29, 1.82) is 0 Å². The van der Waals surface area contributed by atoms with Crippen molar-refractivity contribution in [2.45, 2.75) is 6.92 Å². The van der Waals surface area contributed by atoms with E-state index in [2.05, 4.69) is 26.1 Å². The number of ether oxygens (including phenoxy) is 1. The number of carbonyl (C=O) groups is 1. The molecule has 0 unspecified atom stereocenters. The van der Waals surface area contributed by atoms with E-state index in [0.717, 1.165) is 4.47 Å². The molecule has 2 aromatic rings. The number of hydrogen-bond donors (Lipinski definition) is 0. The summed E-state index contributed by atoms with van der Waals surface area (Å²) in [6.45, 7) is 1.95. The molecule has 0 saturated heterocycles. The van der Waals surface area contributed by atoms with Crippen LogP contribution in [0.3, 0.4) is 0 Å². The Morgan fingerprint density at radius 3 is 3.00 bits per heavy atom. The lowest BCUT2D eigenvalue weighted by molar-refractivity contribution is 0.0508. The predicted octanol–water partition coefficient (Wildman–Crippen LogP) is 3.33. The Morgan fingerprint density at radius 1 is 1.56 bits per heavy atom. The largest absolute Gasteiger partial charge is 0.460 e. The fourth-order valence-corrected chi connectivity index (χ4v) is 2.03. The van der Waals surface area contributed by atoms with Crippen LogP contribution in [0.1, 0.15) is 17.5 Å². The minimum atomic E-state index is -0.624. The van der Waals surface area contributed by atoms with Crippen molar-refractivity contribution < 1.29 is 14.1 Å². The van der Waals surface area contributed by atoms with Crippen LogP contribution in [0.2, 0.25) is 5.02 Å². The van der Waals surface area contributed by atoms with Gasteiger partial charge in [0.05, 0.1) is 17.2 Å². The number of nitrogens with zero attached hydrogens (tertiary/aromatic N) is 2. The number of carbonyl (C=O) groups excluding carboxylic acids is 1. The Bertz CT molecular complexity index is 585. The van der Waals surface area contributed by atoms with E-state index in [1.807, 2.05) is 0 Å². The number of aromatic nitrogens is 2. The van der Waals surface area contributed by atoms with Gasteiger partial charge in [-0.05, 0) is 30.3 Å². The van der Waals surface area contributed by atoms with Gasteiger partial charge in [0, 0.05) is 4.47 Å². The third-order valence-electron chi connectivity index (χ3n) is 2.05. The SMILES string of the molecule is CCOC(=O)c1noc(-c2ccc(Br)cc2Cl)n1. The maximum Gasteiger partial charge on any atom is 0.379 e. The zero-order chi connectivity index (χ0) is 13.1. The summed E-state index contributed by atoms with van der Waals surface area (Å²) in [5.41, 5.74) is 0.558. The highest BCUT2D eigenvalue weighted by atomic mass is 79.9. The van der Waals surface area contributed by atoms with E-state index in [0.29, 0.717) is 10.6 Å². The molecule has 0 atom stereocenters. The van der Waals surface area contributed by atoms with Crippen molar-refractivity contribution >= 4 is 33.5 Å². The molecular weight excluding hydrogens is 323 g/mol. The molecule has 1 aromatic carbocycles. The van der Waals surface area contributed by atoms with Gasteiger partial charge in [-0.25, -0.2) is 4.79 Å². The van der Waals surface area contributed by atoms with Crippen molar-refractivity contribution in [3.8, 4) is 11.5 Å². The van der Waals surface area contributed by atoms with E-state index in [-0.39, 0.29) is 18.3 Å². The maximum absolute atomic E-state index is 11.4. The molecule has 0 spiro atoms. The first-order valence-corrected chi connectivity index (χ1v) is 6.25. The van der Waals surface area contributed by atoms with Crippen LogP contribution in [0, 0.1) is 0 Å². The second-order valence-electron chi connectivity index (χ2n) is 3.27. The molecule has 0 bridgehead atoms. The Kier molecular flexibility index (Phi) is 3.98. The van der Waals surface area contributed by atoms with Crippen LogP contribution >= 0.6 is 27.5 Å². The number of esters is 1. The van der Waals surface area contributed by atoms with Crippen molar-refractivity contribution in [1.82, 2.24) is 10.1 Å². The summed E-state index contributed by atoms with van der Waals surface area (Å²) in [5, 5.41) is 3.99. The van der Waals surface area contributed by atoms with Crippen molar-refractivity contribution in [3.05, 3.63) is 33.5 Å². The van der Waals surface area contributed by atoms with E-state index >= 15 is 0 Å². The lowest BCUT2D eigenvalue weighted by Gasteiger charge is -1.98. The number of benzene rings is 1. The summed E-state index contributed by atoms with van der Waals surface area (Å²) in [6.07, 6.45) is 0. The van der Waals surface area contributed by atoms with E-state index in [1.165, 1.54) is 0 Å². The van der Waals surface area contributed by atoms with E-state index < -0.39 is 5.97 Å². The van der Waals surface area contributed by atoms with Gasteiger partial charge in [0.2, 0.25) is 0 Å². The summed E-state index contributed by atoms with van der Waals surface area (Å²) >= 11 is 9.33. The molecular formula is C11H8BrClN2O3. The quantitative estimate of drug-likeness (QED) is 0.807. The number of halogens is 2. The molecule has 0 aliphatic rings. The van der Waals surface area contributed by atoms with Crippen LogP contribution in [0.5, 0.6) is 0 Å². The second-order valence-corrected chi connectivity index (χ2v) is 4.59. The van der Waals surface area contributed by atoms with Gasteiger partial charge in [-0.3, -0.25) is 0 Å². The van der Waals surface area contributed by atoms with E-state index in [9.17, 15) is 4.79 Å². The molecule has 1 aromatic heterocycles. The summed E-state index contributed by atoms with van der Waals surface area (Å²) in [7, 11) is 0. The Labute approximate surface area is 116 Å². The fraction of sp³-hybridized carbons (Fsp3) is 0.182. The monoisotopic (exact) mass is 330 g/mol. The highest BCUT2D eigenvalue weighted by Crippen LogP contribution is 2.29. The normalized spacial score (nSPS) is 10.4. The maximum atomic E-state index is 11.4. The smallest absolute Gasteiger partial charge is 0.379 e. The van der Waals surface area contributed by atoms with Crippen LogP contribution < -0.4 is 0 Å². The van der Waals surface area contributed by atoms with Crippen LogP contribution in [-0.2, 0) is 4.74 Å². The second kappa shape index (κ2) is 5.49. The molecule has 0 N–H and O–H groups in total. The summed E-state index contributed by atoms with van der Waals surface area (Å²) in [4.78, 5) is 15.3. The van der Waals surface area contributed by atoms with Crippen molar-refractivity contribution in [2.75, 3.05) is 6.61 Å². The average molecular weight is 332 g/mol. The summed E-state index contributed by atoms with van der Waals surface area (Å²) in [5.74, 6) is -0.567. The molecule has 2 rings (SSSR count). The highest BCUT2D eigenvalue weighted by Gasteiger charge is 2.18. The molecule has 0 saturated carbocycles. The van der Waals surface area contributed by atoms with Gasteiger partial charge in [0.25, 0.3) is 11.7 Å². The Hall–Kier alpha value is -1.40. The van der Waals surface area contributed by atoms with Gasteiger partial charge in [0.15, 0.2) is 0 Å². The lowest BCUT2D eigenvalue weighted by Crippen LogP contribution is -2.06. The first-order chi connectivity index (χ1) is 8.61. The summed E-state index contributed by atoms with van der Waals surface area (Å²) < 4.78 is 10.6. The fourth-order valence-electron chi connectivity index (χ4n) is 1.27. The first-order valence-electron chi connectivity index (χ1n) is 5.08. The van der Waals surface area contributed by atoms with Gasteiger partial charge >= 0.3 is 5.97 Å². The predicted molar refractivity (Wildman–Crippen MR) is 68.4 cm³/mol. The van der Waals surface area contributed by atoms with Gasteiger partial charge in [-0.1, -0.05) is 27.5 Å². The van der Waals surface area contributed by atoms with Crippen LogP contribution in [-0.4, -0.2) is 22.7 Å². The lowest BCUT2D eigenvalue weighted by atomic mass is 10.2. The minimum Gasteiger partial charge on any atom is -0.460 e. The Balaban J connectivity index is 2.32. The van der Waals surface area contributed by atoms with Gasteiger partial charge in [-0.15, -0.1) is 0 Å². The number of rotatable bonds is 3. The zero-order valence-corrected chi connectivity index (χ0v) is 11.7. The van der Waals surface area contributed by atoms with E-state index in [1.54, 1.807) is 25.1 Å². The third-order valence-corrected chi connectivity index (χ3v) is 2.85. The molecule has 18 heavy (non-hydrogen) atoms. The molecule has 1 heterocycles. The number of hydrogen-bond acceptors (Lipinski definition) is 5. The van der Waals surface area contributed by atoms with Crippen molar-refractivity contribution in [2.24, 2.45) is 0 Å². The topological polar surface area (TPSA) is 65.2 Å². The molecule has 0 radical (unpaired) electrons. The molecule has 94 valence electrons. The molecule has 0 aliphatic carbocycles.